The van der Waals surface area contributed by atoms with E-state index >= 15 is 0 Å². The largest absolute Gasteiger partial charge is 0.457 e. The van der Waals surface area contributed by atoms with Crippen molar-refractivity contribution in [2.45, 2.75) is 19.6 Å². The smallest absolute Gasteiger partial charge is 0.135 e. The molecule has 1 aromatic heterocycles. The first-order valence-corrected chi connectivity index (χ1v) is 9.28. The van der Waals surface area contributed by atoms with Gasteiger partial charge in [-0.3, -0.25) is 0 Å². The number of hydrogen-bond acceptors (Lipinski definition) is 1. The van der Waals surface area contributed by atoms with Gasteiger partial charge < -0.3 is 4.42 Å². The normalized spacial score (nSPS) is 13.2. The molecule has 0 N–H and O–H groups in total. The minimum atomic E-state index is -1.29. The van der Waals surface area contributed by atoms with Crippen LogP contribution >= 0.6 is 0 Å². The summed E-state index contributed by atoms with van der Waals surface area (Å²) in [6.45, 7) is 14.7. The SMILES string of the molecule is C=C/C=c1\c(=C)oc2ccc([Si](C)(C)C)cc12. The van der Waals surface area contributed by atoms with Gasteiger partial charge in [0.2, 0.25) is 0 Å². The predicted octanol–water partition coefficient (Wildman–Crippen LogP) is 2.35. The minimum absolute atomic E-state index is 0.715. The van der Waals surface area contributed by atoms with Gasteiger partial charge in [0.05, 0.1) is 8.07 Å². The van der Waals surface area contributed by atoms with E-state index in [2.05, 4.69) is 51.0 Å². The Bertz CT molecular complexity index is 671. The molecule has 17 heavy (non-hydrogen) atoms. The molecule has 0 bridgehead atoms. The molecule has 0 aliphatic heterocycles. The molecular weight excluding hydrogens is 224 g/mol. The van der Waals surface area contributed by atoms with Gasteiger partial charge in [0.25, 0.3) is 0 Å². The fourth-order valence-electron chi connectivity index (χ4n) is 1.93. The Morgan fingerprint density at radius 1 is 1.24 bits per heavy atom. The zero-order valence-corrected chi connectivity index (χ0v) is 11.7. The Morgan fingerprint density at radius 2 is 1.94 bits per heavy atom. The lowest BCUT2D eigenvalue weighted by Gasteiger charge is -2.16. The average Bonchev–Trinajstić information content (AvgIpc) is 2.54. The summed E-state index contributed by atoms with van der Waals surface area (Å²) in [7, 11) is -1.29. The van der Waals surface area contributed by atoms with E-state index in [4.69, 9.17) is 4.42 Å². The van der Waals surface area contributed by atoms with Crippen molar-refractivity contribution >= 4 is 36.9 Å². The first kappa shape index (κ1) is 11.9. The molecule has 0 atom stereocenters. The summed E-state index contributed by atoms with van der Waals surface area (Å²) in [5.74, 6) is 0. The van der Waals surface area contributed by atoms with Gasteiger partial charge in [-0.05, 0) is 6.07 Å². The van der Waals surface area contributed by atoms with Crippen LogP contribution in [-0.2, 0) is 0 Å². The second kappa shape index (κ2) is 4.04. The van der Waals surface area contributed by atoms with Gasteiger partial charge in [-0.2, -0.15) is 0 Å². The Kier molecular flexibility index (Phi) is 2.83. The maximum absolute atomic E-state index is 5.64. The van der Waals surface area contributed by atoms with Crippen molar-refractivity contribution in [3.8, 4) is 0 Å². The summed E-state index contributed by atoms with van der Waals surface area (Å²) in [6.07, 6.45) is 3.74. The van der Waals surface area contributed by atoms with E-state index < -0.39 is 8.07 Å². The standard InChI is InChI=1S/C15H18OSi/c1-6-7-13-11(2)16-15-9-8-12(10-14(13)15)17(3,4)5/h6-10H,1-2H2,3-5H3/b13-7+. The molecule has 0 saturated heterocycles. The quantitative estimate of drug-likeness (QED) is 0.737. The zero-order chi connectivity index (χ0) is 12.6. The van der Waals surface area contributed by atoms with Gasteiger partial charge in [0, 0.05) is 10.6 Å². The molecule has 0 spiro atoms. The van der Waals surface area contributed by atoms with Gasteiger partial charge in [0.1, 0.15) is 11.0 Å². The van der Waals surface area contributed by atoms with Crippen LogP contribution in [-0.4, -0.2) is 8.07 Å². The van der Waals surface area contributed by atoms with Crippen molar-refractivity contribution in [2.24, 2.45) is 0 Å². The fourth-order valence-corrected chi connectivity index (χ4v) is 3.10. The summed E-state index contributed by atoms with van der Waals surface area (Å²) in [5, 5.41) is 3.63. The molecule has 0 radical (unpaired) electrons. The summed E-state index contributed by atoms with van der Waals surface area (Å²) in [4.78, 5) is 0. The lowest BCUT2D eigenvalue weighted by molar-refractivity contribution is 0.577. The molecule has 1 heterocycles. The molecule has 0 fully saturated rings. The topological polar surface area (TPSA) is 13.1 Å². The van der Waals surface area contributed by atoms with Crippen molar-refractivity contribution in [1.82, 2.24) is 0 Å². The predicted molar refractivity (Wildman–Crippen MR) is 78.6 cm³/mol. The van der Waals surface area contributed by atoms with Gasteiger partial charge in [-0.25, -0.2) is 0 Å². The lowest BCUT2D eigenvalue weighted by Crippen LogP contribution is -2.37. The molecule has 2 heteroatoms. The monoisotopic (exact) mass is 242 g/mol. The second-order valence-corrected chi connectivity index (χ2v) is 10.4. The molecule has 0 aliphatic rings. The fraction of sp³-hybridized carbons (Fsp3) is 0.200. The van der Waals surface area contributed by atoms with Crippen LogP contribution in [0.25, 0.3) is 23.6 Å². The first-order chi connectivity index (χ1) is 7.93. The number of hydrogen-bond donors (Lipinski definition) is 0. The van der Waals surface area contributed by atoms with Crippen LogP contribution in [0.15, 0.2) is 35.3 Å². The molecule has 2 rings (SSSR count). The Balaban J connectivity index is 2.85. The Labute approximate surface area is 103 Å². The third-order valence-corrected chi connectivity index (χ3v) is 5.00. The van der Waals surface area contributed by atoms with Crippen molar-refractivity contribution < 1.29 is 4.42 Å². The molecular formula is C15H18OSi. The van der Waals surface area contributed by atoms with Crippen LogP contribution in [0.3, 0.4) is 0 Å². The maximum Gasteiger partial charge on any atom is 0.135 e. The second-order valence-electron chi connectivity index (χ2n) is 5.30. The molecule has 1 aromatic carbocycles. The third kappa shape index (κ3) is 2.13. The molecule has 0 saturated carbocycles. The van der Waals surface area contributed by atoms with E-state index in [1.807, 2.05) is 6.08 Å². The van der Waals surface area contributed by atoms with E-state index in [0.717, 1.165) is 16.2 Å². The van der Waals surface area contributed by atoms with Crippen LogP contribution in [0.2, 0.25) is 19.6 Å². The summed E-state index contributed by atoms with van der Waals surface area (Å²) in [6, 6.07) is 6.47. The van der Waals surface area contributed by atoms with E-state index in [1.54, 1.807) is 6.08 Å². The maximum atomic E-state index is 5.64. The highest BCUT2D eigenvalue weighted by atomic mass is 28.3. The van der Waals surface area contributed by atoms with Crippen molar-refractivity contribution in [2.75, 3.05) is 0 Å². The van der Waals surface area contributed by atoms with Gasteiger partial charge in [-0.15, -0.1) is 0 Å². The van der Waals surface area contributed by atoms with E-state index in [-0.39, 0.29) is 0 Å². The lowest BCUT2D eigenvalue weighted by atomic mass is 10.2. The van der Waals surface area contributed by atoms with Crippen molar-refractivity contribution in [3.63, 3.8) is 0 Å². The van der Waals surface area contributed by atoms with Crippen molar-refractivity contribution in [1.29, 1.82) is 0 Å². The highest BCUT2D eigenvalue weighted by molar-refractivity contribution is 6.88. The highest BCUT2D eigenvalue weighted by Crippen LogP contribution is 2.10. The molecule has 2 aromatic rings. The van der Waals surface area contributed by atoms with E-state index in [0.29, 0.717) is 5.42 Å². The van der Waals surface area contributed by atoms with Gasteiger partial charge in [0.15, 0.2) is 0 Å². The minimum Gasteiger partial charge on any atom is -0.457 e. The molecule has 0 aliphatic carbocycles. The summed E-state index contributed by atoms with van der Waals surface area (Å²) < 4.78 is 5.64. The van der Waals surface area contributed by atoms with Crippen LogP contribution in [0.5, 0.6) is 0 Å². The third-order valence-electron chi connectivity index (χ3n) is 2.95. The molecule has 88 valence electrons. The van der Waals surface area contributed by atoms with Crippen LogP contribution < -0.4 is 15.8 Å². The van der Waals surface area contributed by atoms with Crippen LogP contribution in [0.4, 0.5) is 0 Å². The summed E-state index contributed by atoms with van der Waals surface area (Å²) >= 11 is 0. The highest BCUT2D eigenvalue weighted by Gasteiger charge is 2.17. The molecule has 1 nitrogen and oxygen atoms in total. The Morgan fingerprint density at radius 3 is 2.53 bits per heavy atom. The number of fused-ring (bicyclic) bond motifs is 1. The zero-order valence-electron chi connectivity index (χ0n) is 10.7. The van der Waals surface area contributed by atoms with Gasteiger partial charge >= 0.3 is 0 Å². The van der Waals surface area contributed by atoms with Crippen molar-refractivity contribution in [3.05, 3.63) is 41.5 Å². The first-order valence-electron chi connectivity index (χ1n) is 5.78. The van der Waals surface area contributed by atoms with Crippen LogP contribution in [0.1, 0.15) is 0 Å². The van der Waals surface area contributed by atoms with Crippen LogP contribution in [0, 0.1) is 0 Å². The average molecular weight is 242 g/mol. The van der Waals surface area contributed by atoms with Gasteiger partial charge in [-0.1, -0.05) is 62.3 Å². The Hall–Kier alpha value is -1.54. The molecule has 0 amide bonds. The number of rotatable bonds is 2. The summed E-state index contributed by atoms with van der Waals surface area (Å²) in [5.41, 5.74) is 1.62. The van der Waals surface area contributed by atoms with E-state index in [9.17, 15) is 0 Å². The number of allylic oxidation sites excluding steroid dienone is 1. The van der Waals surface area contributed by atoms with E-state index in [1.165, 1.54) is 5.19 Å². The number of furan rings is 1. The molecule has 0 unspecified atom stereocenters. The number of benzene rings is 1.